The molecule has 2 unspecified atom stereocenters. The van der Waals surface area contributed by atoms with Gasteiger partial charge in [0.2, 0.25) is 5.91 Å². The lowest BCUT2D eigenvalue weighted by atomic mass is 9.84. The Kier molecular flexibility index (Phi) is 9.85. The third kappa shape index (κ3) is 6.15. The highest BCUT2D eigenvalue weighted by Gasteiger charge is 2.25. The van der Waals surface area contributed by atoms with Crippen molar-refractivity contribution in [2.24, 2.45) is 11.7 Å². The van der Waals surface area contributed by atoms with Gasteiger partial charge in [0.1, 0.15) is 11.6 Å². The number of aromatic nitrogens is 1. The van der Waals surface area contributed by atoms with Gasteiger partial charge in [0.25, 0.3) is 0 Å². The van der Waals surface area contributed by atoms with Crippen molar-refractivity contribution in [3.63, 3.8) is 0 Å². The van der Waals surface area contributed by atoms with Crippen molar-refractivity contribution in [2.45, 2.75) is 44.6 Å². The standard InChI is InChI=1S/C19H23F2N3O2.2ClH/c20-13-5-6-14(15(21)9-13)17-11-23-19(26-17)8-7-18(25)24-16-4-2-1-3-12(16)10-22;;/h5-6,9,11-12,16H,1-4,7-8,10,22H2,(H,24,25);2*1H. The van der Waals surface area contributed by atoms with Crippen LogP contribution in [0.4, 0.5) is 8.78 Å². The van der Waals surface area contributed by atoms with Crippen LogP contribution in [0.25, 0.3) is 11.3 Å². The summed E-state index contributed by atoms with van der Waals surface area (Å²) < 4.78 is 32.3. The summed E-state index contributed by atoms with van der Waals surface area (Å²) in [5.41, 5.74) is 5.92. The Morgan fingerprint density at radius 3 is 2.71 bits per heavy atom. The Labute approximate surface area is 175 Å². The van der Waals surface area contributed by atoms with E-state index in [1.807, 2.05) is 0 Å². The Morgan fingerprint density at radius 2 is 2.00 bits per heavy atom. The van der Waals surface area contributed by atoms with Crippen molar-refractivity contribution in [1.29, 1.82) is 0 Å². The summed E-state index contributed by atoms with van der Waals surface area (Å²) in [7, 11) is 0. The first-order valence-electron chi connectivity index (χ1n) is 8.96. The predicted molar refractivity (Wildman–Crippen MR) is 108 cm³/mol. The summed E-state index contributed by atoms with van der Waals surface area (Å²) in [5, 5.41) is 3.05. The number of benzene rings is 1. The second-order valence-corrected chi connectivity index (χ2v) is 6.70. The molecule has 0 saturated heterocycles. The first-order chi connectivity index (χ1) is 12.6. The fourth-order valence-electron chi connectivity index (χ4n) is 3.42. The minimum Gasteiger partial charge on any atom is -0.441 e. The Hall–Kier alpha value is -1.70. The van der Waals surface area contributed by atoms with Crippen molar-refractivity contribution in [3.05, 3.63) is 41.9 Å². The minimum absolute atomic E-state index is 0. The molecule has 1 aliphatic carbocycles. The molecule has 156 valence electrons. The minimum atomic E-state index is -0.712. The predicted octanol–water partition coefficient (Wildman–Crippen LogP) is 4.03. The van der Waals surface area contributed by atoms with E-state index in [1.165, 1.54) is 12.3 Å². The van der Waals surface area contributed by atoms with Crippen LogP contribution in [-0.2, 0) is 11.2 Å². The zero-order valence-corrected chi connectivity index (χ0v) is 17.0. The Morgan fingerprint density at radius 1 is 1.25 bits per heavy atom. The highest BCUT2D eigenvalue weighted by molar-refractivity contribution is 5.85. The van der Waals surface area contributed by atoms with Crippen molar-refractivity contribution in [3.8, 4) is 11.3 Å². The van der Waals surface area contributed by atoms with Gasteiger partial charge < -0.3 is 15.5 Å². The Balaban J connectivity index is 0.00000196. The van der Waals surface area contributed by atoms with E-state index in [4.69, 9.17) is 10.2 Å². The van der Waals surface area contributed by atoms with E-state index in [2.05, 4.69) is 10.3 Å². The largest absolute Gasteiger partial charge is 0.441 e. The maximum Gasteiger partial charge on any atom is 0.220 e. The molecule has 1 heterocycles. The normalized spacial score (nSPS) is 18.7. The van der Waals surface area contributed by atoms with E-state index in [1.54, 1.807) is 0 Å². The fourth-order valence-corrected chi connectivity index (χ4v) is 3.42. The Bertz CT molecular complexity index is 773. The number of amides is 1. The number of aryl methyl sites for hydroxylation is 1. The van der Waals surface area contributed by atoms with E-state index in [0.29, 0.717) is 24.8 Å². The lowest BCUT2D eigenvalue weighted by Crippen LogP contribution is -2.44. The van der Waals surface area contributed by atoms with E-state index in [0.717, 1.165) is 37.8 Å². The first kappa shape index (κ1) is 24.3. The molecule has 1 aromatic heterocycles. The smallest absolute Gasteiger partial charge is 0.220 e. The molecular weight excluding hydrogens is 411 g/mol. The summed E-state index contributed by atoms with van der Waals surface area (Å²) in [6, 6.07) is 3.39. The number of hydrogen-bond donors (Lipinski definition) is 2. The van der Waals surface area contributed by atoms with Gasteiger partial charge in [0.05, 0.1) is 11.8 Å². The van der Waals surface area contributed by atoms with Crippen molar-refractivity contribution < 1.29 is 18.0 Å². The quantitative estimate of drug-likeness (QED) is 0.717. The fraction of sp³-hybridized carbons (Fsp3) is 0.474. The van der Waals surface area contributed by atoms with Crippen LogP contribution in [0.1, 0.15) is 38.0 Å². The van der Waals surface area contributed by atoms with Gasteiger partial charge in [-0.3, -0.25) is 4.79 Å². The van der Waals surface area contributed by atoms with E-state index in [-0.39, 0.29) is 54.5 Å². The number of halogens is 4. The number of nitrogens with zero attached hydrogens (tertiary/aromatic N) is 1. The summed E-state index contributed by atoms with van der Waals surface area (Å²) in [5.74, 6) is -0.534. The number of rotatable bonds is 6. The number of hydrogen-bond acceptors (Lipinski definition) is 4. The molecule has 1 aromatic carbocycles. The molecule has 5 nitrogen and oxygen atoms in total. The van der Waals surface area contributed by atoms with Crippen LogP contribution < -0.4 is 11.1 Å². The number of nitrogens with two attached hydrogens (primary N) is 1. The number of carbonyl (C=O) groups is 1. The highest BCUT2D eigenvalue weighted by Crippen LogP contribution is 2.25. The molecule has 1 saturated carbocycles. The molecule has 1 fully saturated rings. The van der Waals surface area contributed by atoms with Gasteiger partial charge in [0, 0.05) is 24.9 Å². The molecule has 0 bridgehead atoms. The highest BCUT2D eigenvalue weighted by atomic mass is 35.5. The third-order valence-electron chi connectivity index (χ3n) is 4.87. The van der Waals surface area contributed by atoms with Gasteiger partial charge >= 0.3 is 0 Å². The average Bonchev–Trinajstić information content (AvgIpc) is 3.09. The molecule has 9 heteroatoms. The second-order valence-electron chi connectivity index (χ2n) is 6.70. The van der Waals surface area contributed by atoms with Crippen LogP contribution in [0.2, 0.25) is 0 Å². The summed E-state index contributed by atoms with van der Waals surface area (Å²) >= 11 is 0. The van der Waals surface area contributed by atoms with E-state index < -0.39 is 11.6 Å². The van der Waals surface area contributed by atoms with Gasteiger partial charge in [-0.25, -0.2) is 13.8 Å². The average molecular weight is 436 g/mol. The van der Waals surface area contributed by atoms with Gasteiger partial charge in [-0.15, -0.1) is 24.8 Å². The van der Waals surface area contributed by atoms with Gasteiger partial charge in [0.15, 0.2) is 11.7 Å². The summed E-state index contributed by atoms with van der Waals surface area (Å²) in [4.78, 5) is 16.3. The van der Waals surface area contributed by atoms with Crippen molar-refractivity contribution in [2.75, 3.05) is 6.54 Å². The monoisotopic (exact) mass is 435 g/mol. The molecule has 28 heavy (non-hydrogen) atoms. The molecule has 0 radical (unpaired) electrons. The van der Waals surface area contributed by atoms with Crippen LogP contribution in [0, 0.1) is 17.6 Å². The maximum absolute atomic E-state index is 13.8. The topological polar surface area (TPSA) is 81.1 Å². The lowest BCUT2D eigenvalue weighted by Gasteiger charge is -2.31. The SMILES string of the molecule is Cl.Cl.NCC1CCCCC1NC(=O)CCc1ncc(-c2ccc(F)cc2F)o1. The lowest BCUT2D eigenvalue weighted by molar-refractivity contribution is -0.122. The third-order valence-corrected chi connectivity index (χ3v) is 4.87. The number of nitrogens with one attached hydrogen (secondary N) is 1. The van der Waals surface area contributed by atoms with Crippen LogP contribution in [0.5, 0.6) is 0 Å². The first-order valence-corrected chi connectivity index (χ1v) is 8.96. The molecule has 2 atom stereocenters. The van der Waals surface area contributed by atoms with Crippen LogP contribution in [0.15, 0.2) is 28.8 Å². The van der Waals surface area contributed by atoms with E-state index >= 15 is 0 Å². The van der Waals surface area contributed by atoms with Gasteiger partial charge in [-0.05, 0) is 37.4 Å². The zero-order chi connectivity index (χ0) is 18.5. The van der Waals surface area contributed by atoms with Gasteiger partial charge in [-0.1, -0.05) is 12.8 Å². The molecule has 3 rings (SSSR count). The molecule has 1 amide bonds. The zero-order valence-electron chi connectivity index (χ0n) is 15.3. The molecule has 0 spiro atoms. The molecule has 1 aliphatic rings. The van der Waals surface area contributed by atoms with Crippen LogP contribution in [0.3, 0.4) is 0 Å². The summed E-state index contributed by atoms with van der Waals surface area (Å²) in [6.07, 6.45) is 6.21. The molecule has 0 aliphatic heterocycles. The van der Waals surface area contributed by atoms with Crippen molar-refractivity contribution >= 4 is 30.7 Å². The molecular formula is C19H25Cl2F2N3O2. The number of carbonyl (C=O) groups excluding carboxylic acids is 1. The van der Waals surface area contributed by atoms with Crippen LogP contribution in [-0.4, -0.2) is 23.5 Å². The number of oxazole rings is 1. The van der Waals surface area contributed by atoms with Gasteiger partial charge in [-0.2, -0.15) is 0 Å². The van der Waals surface area contributed by atoms with Crippen molar-refractivity contribution in [1.82, 2.24) is 10.3 Å². The second kappa shape index (κ2) is 11.3. The summed E-state index contributed by atoms with van der Waals surface area (Å²) in [6.45, 7) is 0.581. The van der Waals surface area contributed by atoms with E-state index in [9.17, 15) is 13.6 Å². The maximum atomic E-state index is 13.8. The molecule has 3 N–H and O–H groups in total. The molecule has 2 aromatic rings. The van der Waals surface area contributed by atoms with Crippen LogP contribution >= 0.6 is 24.8 Å².